The Balaban J connectivity index is 1.86. The van der Waals surface area contributed by atoms with Crippen LogP contribution in [0.15, 0.2) is 28.0 Å². The number of hydrogen-bond acceptors (Lipinski definition) is 7. The van der Waals surface area contributed by atoms with E-state index < -0.39 is 0 Å². The van der Waals surface area contributed by atoms with Crippen LogP contribution in [0.4, 0.5) is 5.82 Å². The topological polar surface area (TPSA) is 75.9 Å². The predicted octanol–water partition coefficient (Wildman–Crippen LogP) is 5.40. The second kappa shape index (κ2) is 13.2. The number of ether oxygens (including phenoxy) is 1. The van der Waals surface area contributed by atoms with Gasteiger partial charge in [0.05, 0.1) is 16.6 Å². The number of nitrogens with one attached hydrogen (secondary N) is 1. The standard InChI is InChI=1S/C26H36N4O3S2/c1-5-6-7-8-9-14-30-25(32)21(35-26(30)34)17-20-22(27-13-11-16-33-18(2)3)28-23-19(4)12-10-15-29(23)24(20)31/h10,12,15,17-18,27H,5-9,11,13-14,16H2,1-4H3. The minimum atomic E-state index is -0.218. The monoisotopic (exact) mass is 516 g/mol. The van der Waals surface area contributed by atoms with Gasteiger partial charge in [0.1, 0.15) is 15.8 Å². The van der Waals surface area contributed by atoms with Crippen LogP contribution in [0.3, 0.4) is 0 Å². The molecule has 2 aromatic heterocycles. The van der Waals surface area contributed by atoms with Gasteiger partial charge < -0.3 is 10.1 Å². The van der Waals surface area contributed by atoms with Gasteiger partial charge in [0.25, 0.3) is 11.5 Å². The molecule has 1 aliphatic heterocycles. The lowest BCUT2D eigenvalue weighted by Crippen LogP contribution is -2.29. The maximum absolute atomic E-state index is 13.5. The first kappa shape index (κ1) is 27.4. The molecule has 0 bridgehead atoms. The molecular formula is C26H36N4O3S2. The average Bonchev–Trinajstić information content (AvgIpc) is 3.08. The fraction of sp³-hybridized carbons (Fsp3) is 0.538. The maximum Gasteiger partial charge on any atom is 0.267 e. The van der Waals surface area contributed by atoms with Gasteiger partial charge >= 0.3 is 0 Å². The SMILES string of the molecule is CCCCCCCN1C(=O)C(=Cc2c(NCCCOC(C)C)nc3c(C)cccn3c2=O)SC1=S. The van der Waals surface area contributed by atoms with E-state index in [2.05, 4.69) is 12.2 Å². The molecule has 0 aromatic carbocycles. The summed E-state index contributed by atoms with van der Waals surface area (Å²) in [5, 5.41) is 3.30. The van der Waals surface area contributed by atoms with Gasteiger partial charge in [-0.2, -0.15) is 0 Å². The zero-order valence-corrected chi connectivity index (χ0v) is 22.8. The van der Waals surface area contributed by atoms with Crippen molar-refractivity contribution >= 4 is 51.7 Å². The number of carbonyl (C=O) groups is 1. The third-order valence-corrected chi connectivity index (χ3v) is 7.16. The highest BCUT2D eigenvalue weighted by molar-refractivity contribution is 8.26. The molecule has 1 aliphatic rings. The molecule has 0 radical (unpaired) electrons. The summed E-state index contributed by atoms with van der Waals surface area (Å²) in [7, 11) is 0. The van der Waals surface area contributed by atoms with Gasteiger partial charge in [-0.3, -0.25) is 18.9 Å². The first-order valence-electron chi connectivity index (χ1n) is 12.5. The molecular weight excluding hydrogens is 480 g/mol. The van der Waals surface area contributed by atoms with Crippen LogP contribution in [0.5, 0.6) is 0 Å². The highest BCUT2D eigenvalue weighted by atomic mass is 32.2. The van der Waals surface area contributed by atoms with E-state index in [1.165, 1.54) is 29.0 Å². The van der Waals surface area contributed by atoms with E-state index in [1.54, 1.807) is 17.2 Å². The normalized spacial score (nSPS) is 15.2. The molecule has 35 heavy (non-hydrogen) atoms. The smallest absolute Gasteiger partial charge is 0.267 e. The van der Waals surface area contributed by atoms with Gasteiger partial charge in [0.2, 0.25) is 0 Å². The van der Waals surface area contributed by atoms with Crippen molar-refractivity contribution in [2.45, 2.75) is 72.3 Å². The van der Waals surface area contributed by atoms with Crippen LogP contribution in [-0.4, -0.2) is 50.3 Å². The molecule has 7 nitrogen and oxygen atoms in total. The molecule has 3 rings (SSSR count). The number of aromatic nitrogens is 2. The second-order valence-corrected chi connectivity index (χ2v) is 10.7. The van der Waals surface area contributed by atoms with Gasteiger partial charge in [-0.1, -0.05) is 62.7 Å². The van der Waals surface area contributed by atoms with Crippen molar-refractivity contribution in [1.29, 1.82) is 0 Å². The molecule has 1 saturated heterocycles. The number of anilines is 1. The summed E-state index contributed by atoms with van der Waals surface area (Å²) in [4.78, 5) is 33.5. The Morgan fingerprint density at radius 1 is 1.20 bits per heavy atom. The van der Waals surface area contributed by atoms with E-state index in [0.29, 0.717) is 46.0 Å². The Morgan fingerprint density at radius 2 is 1.97 bits per heavy atom. The van der Waals surface area contributed by atoms with Crippen molar-refractivity contribution in [1.82, 2.24) is 14.3 Å². The lowest BCUT2D eigenvalue weighted by atomic mass is 10.1. The third-order valence-electron chi connectivity index (χ3n) is 5.78. The van der Waals surface area contributed by atoms with Gasteiger partial charge in [0, 0.05) is 25.9 Å². The average molecular weight is 517 g/mol. The Hall–Kier alpha value is -2.23. The van der Waals surface area contributed by atoms with Crippen LogP contribution in [0.25, 0.3) is 11.7 Å². The molecule has 9 heteroatoms. The Labute approximate surface area is 217 Å². The number of amides is 1. The number of nitrogens with zero attached hydrogens (tertiary/aromatic N) is 3. The van der Waals surface area contributed by atoms with Crippen LogP contribution in [-0.2, 0) is 9.53 Å². The van der Waals surface area contributed by atoms with Crippen LogP contribution in [0, 0.1) is 6.92 Å². The summed E-state index contributed by atoms with van der Waals surface area (Å²) in [6.07, 6.45) is 9.84. The molecule has 1 amide bonds. The van der Waals surface area contributed by atoms with E-state index in [1.807, 2.05) is 32.9 Å². The molecule has 0 saturated carbocycles. The van der Waals surface area contributed by atoms with E-state index >= 15 is 0 Å². The van der Waals surface area contributed by atoms with Crippen molar-refractivity contribution in [3.63, 3.8) is 0 Å². The molecule has 190 valence electrons. The Kier molecular flexibility index (Phi) is 10.3. The number of unbranched alkanes of at least 4 members (excludes halogenated alkanes) is 4. The molecule has 2 aromatic rings. The number of carbonyl (C=O) groups excluding carboxylic acids is 1. The minimum absolute atomic E-state index is 0.138. The van der Waals surface area contributed by atoms with Crippen LogP contribution >= 0.6 is 24.0 Å². The van der Waals surface area contributed by atoms with Gasteiger partial charge in [0.15, 0.2) is 0 Å². The summed E-state index contributed by atoms with van der Waals surface area (Å²) in [6.45, 7) is 9.93. The number of rotatable bonds is 13. The second-order valence-electron chi connectivity index (χ2n) is 9.01. The lowest BCUT2D eigenvalue weighted by Gasteiger charge is -2.14. The number of hydrogen-bond donors (Lipinski definition) is 1. The van der Waals surface area contributed by atoms with E-state index in [4.69, 9.17) is 21.9 Å². The summed E-state index contributed by atoms with van der Waals surface area (Å²) in [5.74, 6) is 0.333. The third kappa shape index (κ3) is 7.15. The molecule has 1 fully saturated rings. The molecule has 3 heterocycles. The van der Waals surface area contributed by atoms with Crippen molar-refractivity contribution in [2.75, 3.05) is 25.0 Å². The lowest BCUT2D eigenvalue weighted by molar-refractivity contribution is -0.122. The number of pyridine rings is 1. The van der Waals surface area contributed by atoms with Crippen LogP contribution < -0.4 is 10.9 Å². The number of thiocarbonyl (C=S) groups is 1. The van der Waals surface area contributed by atoms with Crippen molar-refractivity contribution in [3.05, 3.63) is 44.7 Å². The van der Waals surface area contributed by atoms with Crippen LogP contribution in [0.2, 0.25) is 0 Å². The molecule has 0 spiro atoms. The van der Waals surface area contributed by atoms with E-state index in [-0.39, 0.29) is 17.6 Å². The maximum atomic E-state index is 13.5. The Bertz CT molecular complexity index is 1140. The Morgan fingerprint density at radius 3 is 2.71 bits per heavy atom. The van der Waals surface area contributed by atoms with Gasteiger partial charge in [-0.05, 0) is 51.3 Å². The largest absolute Gasteiger partial charge is 0.379 e. The molecule has 0 unspecified atom stereocenters. The van der Waals surface area contributed by atoms with Gasteiger partial charge in [-0.15, -0.1) is 0 Å². The molecule has 0 aliphatic carbocycles. The zero-order chi connectivity index (χ0) is 25.4. The highest BCUT2D eigenvalue weighted by Gasteiger charge is 2.32. The first-order chi connectivity index (χ1) is 16.8. The predicted molar refractivity (Wildman–Crippen MR) is 149 cm³/mol. The fourth-order valence-corrected chi connectivity index (χ4v) is 5.16. The first-order valence-corrected chi connectivity index (χ1v) is 13.7. The quantitative estimate of drug-likeness (QED) is 0.217. The zero-order valence-electron chi connectivity index (χ0n) is 21.1. The molecule has 1 N–H and O–H groups in total. The highest BCUT2D eigenvalue weighted by Crippen LogP contribution is 2.33. The van der Waals surface area contributed by atoms with Crippen molar-refractivity contribution < 1.29 is 9.53 Å². The molecule has 0 atom stereocenters. The summed E-state index contributed by atoms with van der Waals surface area (Å²) in [5.41, 5.74) is 1.64. The summed E-state index contributed by atoms with van der Waals surface area (Å²) < 4.78 is 7.69. The van der Waals surface area contributed by atoms with Crippen molar-refractivity contribution in [2.24, 2.45) is 0 Å². The van der Waals surface area contributed by atoms with E-state index in [0.717, 1.165) is 31.2 Å². The minimum Gasteiger partial charge on any atom is -0.379 e. The van der Waals surface area contributed by atoms with Crippen molar-refractivity contribution in [3.8, 4) is 0 Å². The van der Waals surface area contributed by atoms with E-state index in [9.17, 15) is 9.59 Å². The number of aryl methyl sites for hydroxylation is 1. The summed E-state index contributed by atoms with van der Waals surface area (Å²) >= 11 is 6.74. The summed E-state index contributed by atoms with van der Waals surface area (Å²) in [6, 6.07) is 3.75. The fourth-order valence-electron chi connectivity index (χ4n) is 3.87. The van der Waals surface area contributed by atoms with Gasteiger partial charge in [-0.25, -0.2) is 4.98 Å². The number of thioether (sulfide) groups is 1. The van der Waals surface area contributed by atoms with Crippen LogP contribution in [0.1, 0.15) is 70.4 Å². The number of fused-ring (bicyclic) bond motifs is 1.